The lowest BCUT2D eigenvalue weighted by Gasteiger charge is -2.05. The van der Waals surface area contributed by atoms with E-state index in [-0.39, 0.29) is 18.4 Å². The zero-order chi connectivity index (χ0) is 15.7. The number of anilines is 1. The molecule has 0 atom stereocenters. The summed E-state index contributed by atoms with van der Waals surface area (Å²) in [7, 11) is 0. The second-order valence-corrected chi connectivity index (χ2v) is 4.95. The first-order valence-corrected chi connectivity index (χ1v) is 6.74. The first-order chi connectivity index (χ1) is 10.6. The maximum Gasteiger partial charge on any atom is 0.250 e. The van der Waals surface area contributed by atoms with Gasteiger partial charge in [0.05, 0.1) is 22.6 Å². The molecule has 0 aliphatic heterocycles. The van der Waals surface area contributed by atoms with Gasteiger partial charge in [-0.15, -0.1) is 12.4 Å². The lowest BCUT2D eigenvalue weighted by Crippen LogP contribution is -2.11. The van der Waals surface area contributed by atoms with Gasteiger partial charge in [-0.1, -0.05) is 24.3 Å². The predicted octanol–water partition coefficient (Wildman–Crippen LogP) is 2.55. The van der Waals surface area contributed by atoms with E-state index >= 15 is 0 Å². The molecule has 0 fully saturated rings. The maximum atomic E-state index is 11.8. The molecule has 3 rings (SSSR count). The van der Waals surface area contributed by atoms with E-state index in [1.54, 1.807) is 18.3 Å². The van der Waals surface area contributed by atoms with Crippen molar-refractivity contribution >= 4 is 24.3 Å². The van der Waals surface area contributed by atoms with Crippen LogP contribution in [0, 0.1) is 6.92 Å². The van der Waals surface area contributed by atoms with Crippen LogP contribution in [0.15, 0.2) is 42.6 Å². The molecule has 6 nitrogen and oxygen atoms in total. The molecule has 0 radical (unpaired) electrons. The molecular formula is C16H16ClN5O. The minimum atomic E-state index is -0.497. The number of rotatable bonds is 3. The zero-order valence-corrected chi connectivity index (χ0v) is 13.2. The number of hydrogen-bond donors (Lipinski definition) is 3. The van der Waals surface area contributed by atoms with Crippen LogP contribution in [-0.4, -0.2) is 20.9 Å². The van der Waals surface area contributed by atoms with Gasteiger partial charge in [-0.2, -0.15) is 0 Å². The zero-order valence-electron chi connectivity index (χ0n) is 12.4. The number of aromatic amines is 1. The van der Waals surface area contributed by atoms with Crippen LogP contribution >= 0.6 is 12.4 Å². The fraction of sp³-hybridized carbons (Fsp3) is 0.0625. The quantitative estimate of drug-likeness (QED) is 0.685. The van der Waals surface area contributed by atoms with E-state index in [9.17, 15) is 4.79 Å². The molecule has 0 spiro atoms. The molecule has 0 bridgehead atoms. The van der Waals surface area contributed by atoms with E-state index in [0.717, 1.165) is 11.1 Å². The van der Waals surface area contributed by atoms with Crippen LogP contribution in [0.2, 0.25) is 0 Å². The Morgan fingerprint density at radius 1 is 1.22 bits per heavy atom. The fourth-order valence-electron chi connectivity index (χ4n) is 2.38. The van der Waals surface area contributed by atoms with E-state index < -0.39 is 5.91 Å². The van der Waals surface area contributed by atoms with Crippen molar-refractivity contribution in [2.75, 3.05) is 5.73 Å². The van der Waals surface area contributed by atoms with Gasteiger partial charge in [-0.3, -0.25) is 4.79 Å². The standard InChI is InChI=1S/C16H15N5O.ClH/c1-9-4-2-3-5-10(9)14-11(15(17)22)8-13(20-14)12-6-7-19-16(18)21-12;/h2-8,20H,1H3,(H2,17,22)(H2,18,19,21);1H. The molecular weight excluding hydrogens is 314 g/mol. The van der Waals surface area contributed by atoms with Crippen LogP contribution < -0.4 is 11.5 Å². The number of nitrogens with two attached hydrogens (primary N) is 2. The van der Waals surface area contributed by atoms with E-state index in [2.05, 4.69) is 15.0 Å². The lowest BCUT2D eigenvalue weighted by molar-refractivity contribution is 0.100. The second-order valence-electron chi connectivity index (χ2n) is 4.95. The largest absolute Gasteiger partial charge is 0.368 e. The average molecular weight is 330 g/mol. The third kappa shape index (κ3) is 3.17. The number of nitrogens with zero attached hydrogens (tertiary/aromatic N) is 2. The Kier molecular flexibility index (Phi) is 4.66. The Hall–Kier alpha value is -2.86. The molecule has 2 aromatic heterocycles. The molecule has 118 valence electrons. The number of benzene rings is 1. The summed E-state index contributed by atoms with van der Waals surface area (Å²) in [6.45, 7) is 1.98. The Balaban J connectivity index is 0.00000192. The number of carbonyl (C=O) groups excluding carboxylic acids is 1. The van der Waals surface area contributed by atoms with Crippen molar-refractivity contribution in [2.45, 2.75) is 6.92 Å². The summed E-state index contributed by atoms with van der Waals surface area (Å²) < 4.78 is 0. The van der Waals surface area contributed by atoms with Crippen molar-refractivity contribution in [3.8, 4) is 22.6 Å². The molecule has 23 heavy (non-hydrogen) atoms. The van der Waals surface area contributed by atoms with E-state index in [0.29, 0.717) is 22.6 Å². The highest BCUT2D eigenvalue weighted by Gasteiger charge is 2.17. The highest BCUT2D eigenvalue weighted by Crippen LogP contribution is 2.30. The van der Waals surface area contributed by atoms with E-state index in [4.69, 9.17) is 11.5 Å². The predicted molar refractivity (Wildman–Crippen MR) is 92.2 cm³/mol. The molecule has 1 amide bonds. The highest BCUT2D eigenvalue weighted by atomic mass is 35.5. The SMILES string of the molecule is Cc1ccccc1-c1[nH]c(-c2ccnc(N)n2)cc1C(N)=O.Cl. The molecule has 5 N–H and O–H groups in total. The van der Waals surface area contributed by atoms with Crippen LogP contribution in [0.3, 0.4) is 0 Å². The van der Waals surface area contributed by atoms with Gasteiger partial charge in [0.1, 0.15) is 0 Å². The van der Waals surface area contributed by atoms with Crippen LogP contribution in [0.4, 0.5) is 5.95 Å². The summed E-state index contributed by atoms with van der Waals surface area (Å²) in [5, 5.41) is 0. The molecule has 0 unspecified atom stereocenters. The third-order valence-corrected chi connectivity index (χ3v) is 3.45. The van der Waals surface area contributed by atoms with Crippen LogP contribution in [0.25, 0.3) is 22.6 Å². The van der Waals surface area contributed by atoms with Crippen molar-refractivity contribution in [1.29, 1.82) is 0 Å². The summed E-state index contributed by atoms with van der Waals surface area (Å²) in [6, 6.07) is 11.2. The second kappa shape index (κ2) is 6.50. The molecule has 2 heterocycles. The van der Waals surface area contributed by atoms with Gasteiger partial charge < -0.3 is 16.5 Å². The molecule has 0 aliphatic rings. The number of nitrogens with one attached hydrogen (secondary N) is 1. The van der Waals surface area contributed by atoms with Gasteiger partial charge in [0, 0.05) is 11.8 Å². The maximum absolute atomic E-state index is 11.8. The first-order valence-electron chi connectivity index (χ1n) is 6.74. The number of aromatic nitrogens is 3. The van der Waals surface area contributed by atoms with Gasteiger partial charge in [-0.05, 0) is 24.6 Å². The number of hydrogen-bond acceptors (Lipinski definition) is 4. The summed E-state index contributed by atoms with van der Waals surface area (Å²) in [4.78, 5) is 23.0. The Morgan fingerprint density at radius 3 is 2.61 bits per heavy atom. The smallest absolute Gasteiger partial charge is 0.250 e. The number of halogens is 1. The molecule has 0 saturated heterocycles. The van der Waals surface area contributed by atoms with Gasteiger partial charge in [0.2, 0.25) is 5.95 Å². The number of nitrogen functional groups attached to an aromatic ring is 1. The van der Waals surface area contributed by atoms with Crippen molar-refractivity contribution in [1.82, 2.24) is 15.0 Å². The minimum absolute atomic E-state index is 0. The van der Waals surface area contributed by atoms with Crippen molar-refractivity contribution in [2.24, 2.45) is 5.73 Å². The number of carbonyl (C=O) groups is 1. The van der Waals surface area contributed by atoms with Gasteiger partial charge in [0.25, 0.3) is 5.91 Å². The van der Waals surface area contributed by atoms with Crippen molar-refractivity contribution < 1.29 is 4.79 Å². The highest BCUT2D eigenvalue weighted by molar-refractivity contribution is 6.01. The molecule has 7 heteroatoms. The van der Waals surface area contributed by atoms with Crippen molar-refractivity contribution in [3.05, 3.63) is 53.7 Å². The molecule has 1 aromatic carbocycles. The lowest BCUT2D eigenvalue weighted by atomic mass is 10.0. The van der Waals surface area contributed by atoms with Gasteiger partial charge >= 0.3 is 0 Å². The summed E-state index contributed by atoms with van der Waals surface area (Å²) >= 11 is 0. The normalized spacial score (nSPS) is 10.1. The van der Waals surface area contributed by atoms with E-state index in [1.165, 1.54) is 0 Å². The number of aryl methyl sites for hydroxylation is 1. The van der Waals surface area contributed by atoms with Crippen LogP contribution in [0.5, 0.6) is 0 Å². The monoisotopic (exact) mass is 329 g/mol. The fourth-order valence-corrected chi connectivity index (χ4v) is 2.38. The summed E-state index contributed by atoms with van der Waals surface area (Å²) in [5.74, 6) is -0.326. The number of H-pyrrole nitrogens is 1. The van der Waals surface area contributed by atoms with Gasteiger partial charge in [-0.25, -0.2) is 9.97 Å². The Morgan fingerprint density at radius 2 is 1.96 bits per heavy atom. The van der Waals surface area contributed by atoms with Gasteiger partial charge in [0.15, 0.2) is 0 Å². The minimum Gasteiger partial charge on any atom is -0.368 e. The number of amides is 1. The molecule has 0 saturated carbocycles. The number of primary amides is 1. The molecule has 0 aliphatic carbocycles. The Bertz CT molecular complexity index is 859. The van der Waals surface area contributed by atoms with Crippen LogP contribution in [0.1, 0.15) is 15.9 Å². The Labute approximate surface area is 139 Å². The van der Waals surface area contributed by atoms with Crippen molar-refractivity contribution in [3.63, 3.8) is 0 Å². The topological polar surface area (TPSA) is 111 Å². The summed E-state index contributed by atoms with van der Waals surface area (Å²) in [5.41, 5.74) is 15.4. The molecule has 3 aromatic rings. The summed E-state index contributed by atoms with van der Waals surface area (Å²) in [6.07, 6.45) is 1.57. The third-order valence-electron chi connectivity index (χ3n) is 3.45. The first kappa shape index (κ1) is 16.5. The van der Waals surface area contributed by atoms with E-state index in [1.807, 2.05) is 31.2 Å². The van der Waals surface area contributed by atoms with Crippen LogP contribution in [-0.2, 0) is 0 Å². The average Bonchev–Trinajstić information content (AvgIpc) is 2.93.